The average Bonchev–Trinajstić information content (AvgIpc) is 2.45. The summed E-state index contributed by atoms with van der Waals surface area (Å²) in [6, 6.07) is 0. The first-order valence-electron chi connectivity index (χ1n) is 8.93. The summed E-state index contributed by atoms with van der Waals surface area (Å²) in [6.07, 6.45) is 16.9. The molecule has 0 amide bonds. The highest BCUT2D eigenvalue weighted by Gasteiger charge is 2.28. The molecule has 20 heavy (non-hydrogen) atoms. The first-order chi connectivity index (χ1) is 9.14. The van der Waals surface area contributed by atoms with E-state index in [0.29, 0.717) is 5.16 Å². The maximum absolute atomic E-state index is 3.18. The fourth-order valence-corrected chi connectivity index (χ4v) is 3.65. The molecule has 0 nitrogen and oxygen atoms in total. The van der Waals surface area contributed by atoms with Gasteiger partial charge in [0, 0.05) is 0 Å². The Morgan fingerprint density at radius 2 is 1.20 bits per heavy atom. The predicted molar refractivity (Wildman–Crippen MR) is 101 cm³/mol. The highest BCUT2D eigenvalue weighted by molar-refractivity contribution is 7.19. The second-order valence-electron chi connectivity index (χ2n) is 6.31. The molecule has 2 atom stereocenters. The van der Waals surface area contributed by atoms with Crippen LogP contribution in [-0.2, 0) is 0 Å². The highest BCUT2D eigenvalue weighted by Crippen LogP contribution is 2.39. The molecule has 124 valence electrons. The smallest absolute Gasteiger partial charge is 0.0127 e. The van der Waals surface area contributed by atoms with Crippen LogP contribution >= 0.6 is 21.6 Å². The Kier molecular flexibility index (Phi) is 16.8. The molecular formula is C18H40ClP. The summed E-state index contributed by atoms with van der Waals surface area (Å²) >= 11 is 0. The first kappa shape index (κ1) is 23.0. The lowest BCUT2D eigenvalue weighted by atomic mass is 9.81. The average molecular weight is 323 g/mol. The summed E-state index contributed by atoms with van der Waals surface area (Å²) in [7, 11) is 3.18. The summed E-state index contributed by atoms with van der Waals surface area (Å²) in [5.74, 6) is 0.910. The van der Waals surface area contributed by atoms with Crippen molar-refractivity contribution in [1.29, 1.82) is 0 Å². The van der Waals surface area contributed by atoms with E-state index in [1.165, 1.54) is 77.0 Å². The summed E-state index contributed by atoms with van der Waals surface area (Å²) in [5.41, 5.74) is 0. The predicted octanol–water partition coefficient (Wildman–Crippen LogP) is 7.40. The van der Waals surface area contributed by atoms with Crippen molar-refractivity contribution in [3.63, 3.8) is 0 Å². The molecule has 2 unspecified atom stereocenters. The molecule has 0 radical (unpaired) electrons. The number of halogens is 1. The van der Waals surface area contributed by atoms with Crippen LogP contribution in [0.3, 0.4) is 0 Å². The van der Waals surface area contributed by atoms with Crippen LogP contribution < -0.4 is 0 Å². The minimum atomic E-state index is 0. The van der Waals surface area contributed by atoms with Gasteiger partial charge in [0.1, 0.15) is 0 Å². The molecule has 0 saturated heterocycles. The summed E-state index contributed by atoms with van der Waals surface area (Å²) in [4.78, 5) is 0. The quantitative estimate of drug-likeness (QED) is 0.245. The van der Waals surface area contributed by atoms with Crippen molar-refractivity contribution >= 4 is 21.6 Å². The molecule has 0 aromatic carbocycles. The van der Waals surface area contributed by atoms with Gasteiger partial charge in [0.2, 0.25) is 0 Å². The Bertz CT molecular complexity index is 190. The van der Waals surface area contributed by atoms with Crippen molar-refractivity contribution in [2.24, 2.45) is 5.92 Å². The van der Waals surface area contributed by atoms with Gasteiger partial charge in [0.15, 0.2) is 0 Å². The molecule has 0 rings (SSSR count). The van der Waals surface area contributed by atoms with E-state index < -0.39 is 0 Å². The lowest BCUT2D eigenvalue weighted by Crippen LogP contribution is -2.29. The standard InChI is InChI=1S/C18H39P.ClH/c1-5-9-10-11-12-13-14-15-16-17(6-2)18(19,7-3)8-4;/h17H,5-16,19H2,1-4H3;1H. The van der Waals surface area contributed by atoms with Gasteiger partial charge in [-0.25, -0.2) is 0 Å². The molecule has 0 fully saturated rings. The first-order valence-corrected chi connectivity index (χ1v) is 9.51. The van der Waals surface area contributed by atoms with Gasteiger partial charge < -0.3 is 0 Å². The summed E-state index contributed by atoms with van der Waals surface area (Å²) in [6.45, 7) is 9.38. The normalized spacial score (nSPS) is 13.1. The van der Waals surface area contributed by atoms with Crippen LogP contribution in [0.5, 0.6) is 0 Å². The molecule has 0 aliphatic carbocycles. The van der Waals surface area contributed by atoms with Gasteiger partial charge in [0.05, 0.1) is 0 Å². The molecule has 0 N–H and O–H groups in total. The molecule has 0 spiro atoms. The van der Waals surface area contributed by atoms with Crippen LogP contribution in [0.2, 0.25) is 0 Å². The molecule has 2 heteroatoms. The third kappa shape index (κ3) is 9.62. The van der Waals surface area contributed by atoms with Crippen molar-refractivity contribution < 1.29 is 0 Å². The zero-order valence-corrected chi connectivity index (χ0v) is 16.5. The number of hydrogen-bond acceptors (Lipinski definition) is 0. The number of rotatable bonds is 13. The van der Waals surface area contributed by atoms with Crippen LogP contribution in [0.25, 0.3) is 0 Å². The monoisotopic (exact) mass is 322 g/mol. The lowest BCUT2D eigenvalue weighted by molar-refractivity contribution is 0.313. The van der Waals surface area contributed by atoms with Crippen molar-refractivity contribution in [3.8, 4) is 0 Å². The minimum absolute atomic E-state index is 0. The van der Waals surface area contributed by atoms with Gasteiger partial charge in [-0.15, -0.1) is 21.6 Å². The zero-order chi connectivity index (χ0) is 14.6. The Hall–Kier alpha value is 0.720. The lowest BCUT2D eigenvalue weighted by Gasteiger charge is -2.36. The second-order valence-corrected chi connectivity index (χ2v) is 7.46. The second kappa shape index (κ2) is 14.6. The maximum Gasteiger partial charge on any atom is -0.0127 e. The number of unbranched alkanes of at least 4 members (excludes halogenated alkanes) is 7. The van der Waals surface area contributed by atoms with Gasteiger partial charge in [-0.2, -0.15) is 0 Å². The third-order valence-electron chi connectivity index (χ3n) is 5.03. The SMILES string of the molecule is CCCCCCCCCCC(CC)C(P)(CC)CC.Cl. The van der Waals surface area contributed by atoms with E-state index in [1.54, 1.807) is 0 Å². The van der Waals surface area contributed by atoms with Crippen LogP contribution in [0.15, 0.2) is 0 Å². The summed E-state index contributed by atoms with van der Waals surface area (Å²) in [5, 5.41) is 0.510. The fourth-order valence-electron chi connectivity index (χ4n) is 3.25. The molecule has 0 aliphatic heterocycles. The molecule has 0 heterocycles. The Balaban J connectivity index is 0. The zero-order valence-electron chi connectivity index (χ0n) is 14.5. The van der Waals surface area contributed by atoms with E-state index in [4.69, 9.17) is 0 Å². The van der Waals surface area contributed by atoms with Crippen LogP contribution in [0, 0.1) is 5.92 Å². The molecule has 0 saturated carbocycles. The minimum Gasteiger partial charge on any atom is -0.147 e. The van der Waals surface area contributed by atoms with Crippen molar-refractivity contribution in [2.75, 3.05) is 0 Å². The van der Waals surface area contributed by atoms with E-state index in [0.717, 1.165) is 5.92 Å². The highest BCUT2D eigenvalue weighted by atomic mass is 35.5. The van der Waals surface area contributed by atoms with E-state index >= 15 is 0 Å². The Labute approximate surface area is 137 Å². The maximum atomic E-state index is 3.18. The third-order valence-corrected chi connectivity index (χ3v) is 6.32. The van der Waals surface area contributed by atoms with E-state index in [9.17, 15) is 0 Å². The van der Waals surface area contributed by atoms with Crippen LogP contribution in [0.1, 0.15) is 105 Å². The Morgan fingerprint density at radius 3 is 1.60 bits per heavy atom. The molecule has 0 aliphatic rings. The van der Waals surface area contributed by atoms with Crippen molar-refractivity contribution in [1.82, 2.24) is 0 Å². The topological polar surface area (TPSA) is 0 Å². The fraction of sp³-hybridized carbons (Fsp3) is 1.00. The summed E-state index contributed by atoms with van der Waals surface area (Å²) < 4.78 is 0. The molecule has 0 bridgehead atoms. The Morgan fingerprint density at radius 1 is 0.750 bits per heavy atom. The molecule has 0 aromatic heterocycles. The van der Waals surface area contributed by atoms with Gasteiger partial charge in [-0.3, -0.25) is 0 Å². The number of hydrogen-bond donors (Lipinski definition) is 0. The van der Waals surface area contributed by atoms with Gasteiger partial charge in [-0.05, 0) is 30.3 Å². The van der Waals surface area contributed by atoms with Gasteiger partial charge in [0.25, 0.3) is 0 Å². The van der Waals surface area contributed by atoms with Crippen LogP contribution in [-0.4, -0.2) is 5.16 Å². The molecular weight excluding hydrogens is 283 g/mol. The van der Waals surface area contributed by atoms with Crippen LogP contribution in [0.4, 0.5) is 0 Å². The van der Waals surface area contributed by atoms with Crippen molar-refractivity contribution in [2.45, 2.75) is 110 Å². The largest absolute Gasteiger partial charge is 0.147 e. The van der Waals surface area contributed by atoms with E-state index in [1.807, 2.05) is 0 Å². The van der Waals surface area contributed by atoms with Gasteiger partial charge in [-0.1, -0.05) is 85.5 Å². The van der Waals surface area contributed by atoms with E-state index in [2.05, 4.69) is 36.9 Å². The molecule has 0 aromatic rings. The van der Waals surface area contributed by atoms with Crippen molar-refractivity contribution in [3.05, 3.63) is 0 Å². The van der Waals surface area contributed by atoms with E-state index in [-0.39, 0.29) is 12.4 Å². The van der Waals surface area contributed by atoms with Gasteiger partial charge >= 0.3 is 0 Å².